The Balaban J connectivity index is 2.12. The van der Waals surface area contributed by atoms with Gasteiger partial charge >= 0.3 is 0 Å². The first-order chi connectivity index (χ1) is 9.00. The van der Waals surface area contributed by atoms with Crippen LogP contribution in [-0.2, 0) is 11.2 Å². The predicted octanol–water partition coefficient (Wildman–Crippen LogP) is 1.65. The third-order valence-corrected chi connectivity index (χ3v) is 3.56. The summed E-state index contributed by atoms with van der Waals surface area (Å²) in [7, 11) is 0. The SMILES string of the molecule is CC(C)N1C[C@@H](C)[C@@H](O)N1C(=O)Cc1ccccc1. The Labute approximate surface area is 114 Å². The highest BCUT2D eigenvalue weighted by molar-refractivity contribution is 5.78. The molecule has 4 nitrogen and oxygen atoms in total. The maximum atomic E-state index is 12.4. The first-order valence-corrected chi connectivity index (χ1v) is 6.81. The number of hydrogen-bond acceptors (Lipinski definition) is 3. The van der Waals surface area contributed by atoms with E-state index in [4.69, 9.17) is 0 Å². The van der Waals surface area contributed by atoms with E-state index in [0.717, 1.165) is 12.1 Å². The summed E-state index contributed by atoms with van der Waals surface area (Å²) >= 11 is 0. The Morgan fingerprint density at radius 1 is 1.37 bits per heavy atom. The van der Waals surface area contributed by atoms with Crippen molar-refractivity contribution < 1.29 is 9.90 Å². The van der Waals surface area contributed by atoms with Crippen molar-refractivity contribution in [3.63, 3.8) is 0 Å². The molecular formula is C15H22N2O2. The van der Waals surface area contributed by atoms with Gasteiger partial charge in [0.2, 0.25) is 5.91 Å². The molecule has 0 saturated carbocycles. The average Bonchev–Trinajstić information content (AvgIpc) is 2.67. The maximum absolute atomic E-state index is 12.4. The zero-order valence-electron chi connectivity index (χ0n) is 11.8. The van der Waals surface area contributed by atoms with Crippen LogP contribution in [-0.4, -0.2) is 39.8 Å². The summed E-state index contributed by atoms with van der Waals surface area (Å²) in [6, 6.07) is 9.85. The van der Waals surface area contributed by atoms with Crippen LogP contribution in [0.15, 0.2) is 30.3 Å². The number of carbonyl (C=O) groups excluding carboxylic acids is 1. The molecule has 1 amide bonds. The fourth-order valence-corrected chi connectivity index (χ4v) is 2.47. The second-order valence-corrected chi connectivity index (χ2v) is 5.51. The van der Waals surface area contributed by atoms with E-state index in [-0.39, 0.29) is 17.9 Å². The molecule has 1 fully saturated rings. The molecule has 0 unspecified atom stereocenters. The third kappa shape index (κ3) is 2.96. The van der Waals surface area contributed by atoms with Crippen LogP contribution in [0.2, 0.25) is 0 Å². The summed E-state index contributed by atoms with van der Waals surface area (Å²) in [5.74, 6) is 0.0406. The summed E-state index contributed by atoms with van der Waals surface area (Å²) in [6.45, 7) is 6.76. The number of amides is 1. The fraction of sp³-hybridized carbons (Fsp3) is 0.533. The van der Waals surface area contributed by atoms with Crippen molar-refractivity contribution in [1.82, 2.24) is 10.0 Å². The summed E-state index contributed by atoms with van der Waals surface area (Å²) in [5, 5.41) is 13.7. The number of hydrazine groups is 1. The summed E-state index contributed by atoms with van der Waals surface area (Å²) in [4.78, 5) is 12.4. The summed E-state index contributed by atoms with van der Waals surface area (Å²) in [6.07, 6.45) is -0.382. The molecule has 1 aromatic rings. The first kappa shape index (κ1) is 14.0. The third-order valence-electron chi connectivity index (χ3n) is 3.56. The Morgan fingerprint density at radius 3 is 2.58 bits per heavy atom. The molecule has 0 aromatic heterocycles. The lowest BCUT2D eigenvalue weighted by Crippen LogP contribution is -2.49. The van der Waals surface area contributed by atoms with Crippen molar-refractivity contribution in [1.29, 1.82) is 0 Å². The molecule has 4 heteroatoms. The molecule has 1 aliphatic heterocycles. The van der Waals surface area contributed by atoms with Crippen molar-refractivity contribution in [2.24, 2.45) is 5.92 Å². The smallest absolute Gasteiger partial charge is 0.243 e. The molecule has 2 atom stereocenters. The Kier molecular flexibility index (Phi) is 4.22. The van der Waals surface area contributed by atoms with Gasteiger partial charge in [-0.15, -0.1) is 0 Å². The zero-order valence-corrected chi connectivity index (χ0v) is 11.8. The van der Waals surface area contributed by atoms with E-state index in [0.29, 0.717) is 6.42 Å². The zero-order chi connectivity index (χ0) is 14.0. The van der Waals surface area contributed by atoms with Gasteiger partial charge in [0.05, 0.1) is 6.42 Å². The van der Waals surface area contributed by atoms with Crippen molar-refractivity contribution in [2.75, 3.05) is 6.54 Å². The number of aliphatic hydroxyl groups is 1. The molecule has 0 spiro atoms. The van der Waals surface area contributed by atoms with E-state index in [1.807, 2.05) is 56.1 Å². The van der Waals surface area contributed by atoms with Gasteiger partial charge in [-0.3, -0.25) is 4.79 Å². The van der Waals surface area contributed by atoms with Crippen LogP contribution in [0, 0.1) is 5.92 Å². The van der Waals surface area contributed by atoms with Crippen molar-refractivity contribution in [3.05, 3.63) is 35.9 Å². The minimum absolute atomic E-state index is 0.0447. The standard InChI is InChI=1S/C15H22N2O2/c1-11(2)16-10-12(3)15(19)17(16)14(18)9-13-7-5-4-6-8-13/h4-8,11-12,15,19H,9-10H2,1-3H3/t12-,15-/m1/s1. The Morgan fingerprint density at radius 2 is 2.00 bits per heavy atom. The second-order valence-electron chi connectivity index (χ2n) is 5.51. The minimum Gasteiger partial charge on any atom is -0.372 e. The van der Waals surface area contributed by atoms with Crippen molar-refractivity contribution in [3.8, 4) is 0 Å². The highest BCUT2D eigenvalue weighted by Crippen LogP contribution is 2.25. The van der Waals surface area contributed by atoms with E-state index in [1.165, 1.54) is 5.01 Å². The monoisotopic (exact) mass is 262 g/mol. The molecule has 1 heterocycles. The Bertz CT molecular complexity index is 433. The van der Waals surface area contributed by atoms with E-state index in [1.54, 1.807) is 0 Å². The largest absolute Gasteiger partial charge is 0.372 e. The van der Waals surface area contributed by atoms with Gasteiger partial charge in [0.1, 0.15) is 6.23 Å². The lowest BCUT2D eigenvalue weighted by atomic mass is 10.1. The summed E-state index contributed by atoms with van der Waals surface area (Å²) < 4.78 is 0. The number of benzene rings is 1. The van der Waals surface area contributed by atoms with Gasteiger partial charge in [0.15, 0.2) is 0 Å². The predicted molar refractivity (Wildman–Crippen MR) is 74.0 cm³/mol. The van der Waals surface area contributed by atoms with Gasteiger partial charge in [-0.1, -0.05) is 37.3 Å². The van der Waals surface area contributed by atoms with Crippen LogP contribution in [0.1, 0.15) is 26.3 Å². The molecule has 1 saturated heterocycles. The molecule has 104 valence electrons. The highest BCUT2D eigenvalue weighted by atomic mass is 16.3. The molecule has 0 radical (unpaired) electrons. The lowest BCUT2D eigenvalue weighted by molar-refractivity contribution is -0.164. The van der Waals surface area contributed by atoms with Gasteiger partial charge in [-0.05, 0) is 19.4 Å². The van der Waals surface area contributed by atoms with Gasteiger partial charge in [0.25, 0.3) is 0 Å². The van der Waals surface area contributed by atoms with Gasteiger partial charge in [-0.25, -0.2) is 10.0 Å². The quantitative estimate of drug-likeness (QED) is 0.901. The van der Waals surface area contributed by atoms with E-state index >= 15 is 0 Å². The fourth-order valence-electron chi connectivity index (χ4n) is 2.47. The molecule has 1 aliphatic rings. The number of nitrogens with zero attached hydrogens (tertiary/aromatic N) is 2. The molecule has 1 aromatic carbocycles. The first-order valence-electron chi connectivity index (χ1n) is 6.81. The molecule has 19 heavy (non-hydrogen) atoms. The van der Waals surface area contributed by atoms with E-state index in [9.17, 15) is 9.90 Å². The van der Waals surface area contributed by atoms with Gasteiger partial charge in [0, 0.05) is 18.5 Å². The lowest BCUT2D eigenvalue weighted by Gasteiger charge is -2.33. The number of hydrogen-bond donors (Lipinski definition) is 1. The molecule has 0 bridgehead atoms. The van der Waals surface area contributed by atoms with Crippen LogP contribution < -0.4 is 0 Å². The van der Waals surface area contributed by atoms with Crippen molar-refractivity contribution in [2.45, 2.75) is 39.5 Å². The Hall–Kier alpha value is -1.39. The summed E-state index contributed by atoms with van der Waals surface area (Å²) in [5.41, 5.74) is 0.975. The van der Waals surface area contributed by atoms with Crippen LogP contribution in [0.5, 0.6) is 0 Å². The maximum Gasteiger partial charge on any atom is 0.243 e. The number of carbonyl (C=O) groups is 1. The molecule has 0 aliphatic carbocycles. The van der Waals surface area contributed by atoms with Gasteiger partial charge < -0.3 is 5.11 Å². The van der Waals surface area contributed by atoms with E-state index in [2.05, 4.69) is 0 Å². The van der Waals surface area contributed by atoms with Crippen LogP contribution in [0.25, 0.3) is 0 Å². The number of aliphatic hydroxyl groups excluding tert-OH is 1. The van der Waals surface area contributed by atoms with Crippen LogP contribution >= 0.6 is 0 Å². The minimum atomic E-state index is -0.710. The van der Waals surface area contributed by atoms with Crippen LogP contribution in [0.3, 0.4) is 0 Å². The van der Waals surface area contributed by atoms with Crippen LogP contribution in [0.4, 0.5) is 0 Å². The highest BCUT2D eigenvalue weighted by Gasteiger charge is 2.40. The molecular weight excluding hydrogens is 240 g/mol. The molecule has 1 N–H and O–H groups in total. The molecule has 2 rings (SSSR count). The van der Waals surface area contributed by atoms with Gasteiger partial charge in [-0.2, -0.15) is 0 Å². The number of rotatable bonds is 3. The normalized spacial score (nSPS) is 24.2. The van der Waals surface area contributed by atoms with E-state index < -0.39 is 6.23 Å². The second kappa shape index (κ2) is 5.72. The average molecular weight is 262 g/mol. The van der Waals surface area contributed by atoms with Crippen molar-refractivity contribution >= 4 is 5.91 Å². The topological polar surface area (TPSA) is 43.8 Å².